The molecule has 2 unspecified atom stereocenters. The molecule has 3 saturated heterocycles. The smallest absolute Gasteiger partial charge is 0.382 e. The second-order valence-corrected chi connectivity index (χ2v) is 11.4. The third-order valence-corrected chi connectivity index (χ3v) is 8.29. The molecule has 6 heterocycles. The van der Waals surface area contributed by atoms with E-state index in [0.29, 0.717) is 4.57 Å². The van der Waals surface area contributed by atoms with Crippen molar-refractivity contribution in [2.75, 3.05) is 18.9 Å². The quantitative estimate of drug-likeness (QED) is 0.319. The highest BCUT2D eigenvalue weighted by Gasteiger charge is 2.56. The molecule has 2 bridgehead atoms. The summed E-state index contributed by atoms with van der Waals surface area (Å²) in [5.41, 5.74) is 4.29. The summed E-state index contributed by atoms with van der Waals surface area (Å²) in [6.07, 6.45) is -10.8. The molecule has 0 spiro atoms. The zero-order valence-corrected chi connectivity index (χ0v) is 22.1. The molecular formula is C19H20F2N7O11P2+. The average Bonchev–Trinajstić information content (AvgIpc) is 3.57. The maximum Gasteiger partial charge on any atom is 0.698 e. The number of hydrogen-bond acceptors (Lipinski definition) is 14. The largest absolute Gasteiger partial charge is 0.698 e. The minimum absolute atomic E-state index is 0.0236. The Hall–Kier alpha value is -3.06. The summed E-state index contributed by atoms with van der Waals surface area (Å²) >= 11 is 0. The summed E-state index contributed by atoms with van der Waals surface area (Å²) < 4.78 is 90.1. The van der Waals surface area contributed by atoms with E-state index in [4.69, 9.17) is 33.3 Å². The van der Waals surface area contributed by atoms with Crippen LogP contribution in [0.5, 0.6) is 0 Å². The molecule has 0 aliphatic carbocycles. The van der Waals surface area contributed by atoms with E-state index in [1.165, 1.54) is 10.9 Å². The number of halogens is 2. The lowest BCUT2D eigenvalue weighted by Crippen LogP contribution is -2.36. The number of imidazole rings is 1. The Kier molecular flexibility index (Phi) is 7.29. The number of nitrogens with zero attached hydrogens (tertiary/aromatic N) is 5. The fraction of sp³-hybridized carbons (Fsp3) is 0.526. The molecule has 6 rings (SSSR count). The van der Waals surface area contributed by atoms with Gasteiger partial charge in [-0.25, -0.2) is 33.1 Å². The predicted octanol–water partition coefficient (Wildman–Crippen LogP) is 0.00470. The van der Waals surface area contributed by atoms with Gasteiger partial charge in [-0.05, 0) is 0 Å². The fourth-order valence-electron chi connectivity index (χ4n) is 4.64. The minimum atomic E-state index is -5.13. The molecule has 0 amide bonds. The molecule has 3 aliphatic heterocycles. The monoisotopic (exact) mass is 622 g/mol. The molecule has 0 aromatic carbocycles. The molecule has 3 aromatic rings. The van der Waals surface area contributed by atoms with Gasteiger partial charge in [-0.3, -0.25) is 28.0 Å². The summed E-state index contributed by atoms with van der Waals surface area (Å²) in [6.45, 7) is -1.64. The van der Waals surface area contributed by atoms with Crippen LogP contribution >= 0.6 is 16.1 Å². The Morgan fingerprint density at radius 1 is 1.07 bits per heavy atom. The van der Waals surface area contributed by atoms with Crippen molar-refractivity contribution in [3.05, 3.63) is 45.8 Å². The molecule has 4 N–H and O–H groups in total. The van der Waals surface area contributed by atoms with Crippen molar-refractivity contribution < 1.29 is 50.4 Å². The lowest BCUT2D eigenvalue weighted by molar-refractivity contribution is -0.0615. The number of aromatic nitrogens is 6. The van der Waals surface area contributed by atoms with Crippen LogP contribution in [0.15, 0.2) is 34.5 Å². The standard InChI is InChI=1S/C19H19F2N7O11P2/c20-10-7-4-35-41(32,33)39-13-8(37-17(11(13)21)27-2-1-9(29)26-19(27)30)3-34-40(31)38-14(10)18(36-7)28-6-25-12-15(22)23-5-24-16(12)28/h1-2,5-8,10-11,13-14,17-18H,3-4H2,(H3-,22,23,24,26,29,30,32,33)/p+1/t7-,8-,10-,11-,13-,14-,17-,18-/m1/s1. The van der Waals surface area contributed by atoms with Gasteiger partial charge in [-0.2, -0.15) is 0 Å². The van der Waals surface area contributed by atoms with Crippen molar-refractivity contribution >= 4 is 33.1 Å². The highest BCUT2D eigenvalue weighted by atomic mass is 31.2. The number of phosphoric ester groups is 1. The van der Waals surface area contributed by atoms with Crippen LogP contribution in [0.2, 0.25) is 0 Å². The highest BCUT2D eigenvalue weighted by molar-refractivity contribution is 7.47. The van der Waals surface area contributed by atoms with E-state index < -0.39 is 89.8 Å². The van der Waals surface area contributed by atoms with E-state index in [1.807, 2.05) is 4.98 Å². The molecule has 3 aliphatic rings. The molecule has 41 heavy (non-hydrogen) atoms. The van der Waals surface area contributed by atoms with Crippen molar-refractivity contribution in [3.63, 3.8) is 0 Å². The predicted molar refractivity (Wildman–Crippen MR) is 128 cm³/mol. The number of fused-ring (bicyclic) bond motifs is 4. The van der Waals surface area contributed by atoms with Gasteiger partial charge in [-0.15, -0.1) is 9.05 Å². The lowest BCUT2D eigenvalue weighted by atomic mass is 10.1. The zero-order chi connectivity index (χ0) is 29.1. The maximum atomic E-state index is 15.5. The number of aromatic amines is 1. The van der Waals surface area contributed by atoms with Crippen LogP contribution in [-0.4, -0.2) is 83.9 Å². The van der Waals surface area contributed by atoms with E-state index >= 15 is 8.78 Å². The Labute approximate surface area is 226 Å². The molecule has 3 fully saturated rings. The van der Waals surface area contributed by atoms with Crippen molar-refractivity contribution in [3.8, 4) is 0 Å². The second kappa shape index (κ2) is 10.6. The third kappa shape index (κ3) is 5.22. The topological polar surface area (TPSA) is 234 Å². The number of nitrogens with two attached hydrogens (primary N) is 1. The molecule has 220 valence electrons. The van der Waals surface area contributed by atoms with Crippen molar-refractivity contribution in [1.82, 2.24) is 29.1 Å². The van der Waals surface area contributed by atoms with Crippen LogP contribution in [0, 0.1) is 0 Å². The number of phosphoric acid groups is 1. The molecular weight excluding hydrogens is 602 g/mol. The summed E-state index contributed by atoms with van der Waals surface area (Å²) in [7, 11) is -8.27. The number of nitrogen functional groups attached to an aromatic ring is 1. The van der Waals surface area contributed by atoms with E-state index in [1.54, 1.807) is 0 Å². The van der Waals surface area contributed by atoms with E-state index in [0.717, 1.165) is 18.6 Å². The number of hydrogen-bond donors (Lipinski definition) is 3. The fourth-order valence-corrected chi connectivity index (χ4v) is 6.35. The molecule has 3 aromatic heterocycles. The molecule has 10 atom stereocenters. The van der Waals surface area contributed by atoms with Crippen LogP contribution in [0.25, 0.3) is 11.2 Å². The average molecular weight is 622 g/mol. The number of alkyl halides is 2. The van der Waals surface area contributed by atoms with Gasteiger partial charge in [0.25, 0.3) is 5.56 Å². The first-order chi connectivity index (χ1) is 19.5. The number of nitrogens with one attached hydrogen (secondary N) is 1. The second-order valence-electron chi connectivity index (χ2n) is 9.04. The van der Waals surface area contributed by atoms with Crippen LogP contribution in [0.4, 0.5) is 14.6 Å². The number of ether oxygens (including phenoxy) is 2. The first-order valence-corrected chi connectivity index (χ1v) is 14.4. The Balaban J connectivity index is 1.29. The highest BCUT2D eigenvalue weighted by Crippen LogP contribution is 2.51. The van der Waals surface area contributed by atoms with Crippen molar-refractivity contribution in [2.45, 2.75) is 49.2 Å². The molecule has 18 nitrogen and oxygen atoms in total. The first kappa shape index (κ1) is 28.1. The van der Waals surface area contributed by atoms with E-state index in [-0.39, 0.29) is 17.0 Å². The van der Waals surface area contributed by atoms with Crippen molar-refractivity contribution in [2.24, 2.45) is 0 Å². The van der Waals surface area contributed by atoms with Crippen LogP contribution in [0.3, 0.4) is 0 Å². The van der Waals surface area contributed by atoms with Gasteiger partial charge in [0.2, 0.25) is 0 Å². The Morgan fingerprint density at radius 2 is 1.85 bits per heavy atom. The Bertz CT molecular complexity index is 1650. The molecule has 0 radical (unpaired) electrons. The zero-order valence-electron chi connectivity index (χ0n) is 20.3. The molecule has 0 saturated carbocycles. The van der Waals surface area contributed by atoms with Gasteiger partial charge in [-0.1, -0.05) is 0 Å². The van der Waals surface area contributed by atoms with E-state index in [9.17, 15) is 23.6 Å². The van der Waals surface area contributed by atoms with Crippen LogP contribution in [0.1, 0.15) is 12.5 Å². The Morgan fingerprint density at radius 3 is 2.63 bits per heavy atom. The summed E-state index contributed by atoms with van der Waals surface area (Å²) in [4.78, 5) is 47.8. The summed E-state index contributed by atoms with van der Waals surface area (Å²) in [5, 5.41) is 0. The third-order valence-electron chi connectivity index (χ3n) is 6.53. The summed E-state index contributed by atoms with van der Waals surface area (Å²) in [6, 6.07) is 0.928. The van der Waals surface area contributed by atoms with Gasteiger partial charge in [0, 0.05) is 16.8 Å². The number of anilines is 1. The lowest BCUT2D eigenvalue weighted by Gasteiger charge is -2.22. The van der Waals surface area contributed by atoms with Gasteiger partial charge < -0.3 is 20.1 Å². The molecule has 22 heteroatoms. The van der Waals surface area contributed by atoms with Gasteiger partial charge in [0.05, 0.1) is 12.9 Å². The normalized spacial score (nSPS) is 37.3. The van der Waals surface area contributed by atoms with Crippen LogP contribution < -0.4 is 17.0 Å². The van der Waals surface area contributed by atoms with E-state index in [2.05, 4.69) is 15.0 Å². The summed E-state index contributed by atoms with van der Waals surface area (Å²) in [5.74, 6) is 0.0236. The van der Waals surface area contributed by atoms with Crippen molar-refractivity contribution in [1.29, 1.82) is 0 Å². The van der Waals surface area contributed by atoms with Crippen LogP contribution in [-0.2, 0) is 36.7 Å². The van der Waals surface area contributed by atoms with Gasteiger partial charge >= 0.3 is 21.8 Å². The number of rotatable bonds is 2. The maximum absolute atomic E-state index is 15.5. The number of H-pyrrole nitrogens is 1. The van der Waals surface area contributed by atoms with Gasteiger partial charge in [0.1, 0.15) is 36.8 Å². The first-order valence-electron chi connectivity index (χ1n) is 11.8. The van der Waals surface area contributed by atoms with Gasteiger partial charge in [0.15, 0.2) is 42.4 Å². The SMILES string of the molecule is Nc1ncnc2c1ncn2[C@@H]1O[C@@H]2COP(=O)(O)O[C@H]3[C@@H](F)[C@H](n4ccc(=O)[nH]c4=O)O[C@@H]3CO[P+](=O)O[C@@H]1[C@@H]2F. The minimum Gasteiger partial charge on any atom is -0.382 e.